The minimum Gasteiger partial charge on any atom is -0.458 e. The fraction of sp³-hybridized carbons (Fsp3) is 0.886. The lowest BCUT2D eigenvalue weighted by molar-refractivity contribution is -0.295. The number of aliphatic hydroxyl groups excluding tert-OH is 1. The minimum atomic E-state index is -1.39. The number of amides is 2. The van der Waals surface area contributed by atoms with Crippen molar-refractivity contribution in [1.29, 1.82) is 0 Å². The average Bonchev–Trinajstić information content (AvgIpc) is 3.34. The van der Waals surface area contributed by atoms with Crippen LogP contribution in [0.1, 0.15) is 87.5 Å². The summed E-state index contributed by atoms with van der Waals surface area (Å²) in [6.07, 6.45) is -3.17. The standard InChI is InChI=1S/C35H60N6O10/c1-12-25-35(8)28(41(33(46)51-35)16-14-13-15-37-39-36)23(6)38-30(44)19(2)18-34(7,47-11)29(21(4)26(42)22(5)31(45)49-25)50-32-27(43)24(40(9)10)17-20(3)48-32/h19-25,27-29,32,43H,12-18H2,1-11H3,(H,38,44)/t19-,20-,21-,22?,23-,24?,25-,27?,28-,29-,32+,34-,35-/m1/s1. The molecule has 0 radical (unpaired) electrons. The zero-order valence-corrected chi connectivity index (χ0v) is 32.2. The maximum absolute atomic E-state index is 14.2. The van der Waals surface area contributed by atoms with Crippen LogP contribution in [0.5, 0.6) is 0 Å². The highest BCUT2D eigenvalue weighted by Crippen LogP contribution is 2.40. The van der Waals surface area contributed by atoms with E-state index < -0.39 is 83.5 Å². The van der Waals surface area contributed by atoms with E-state index in [1.807, 2.05) is 25.9 Å². The van der Waals surface area contributed by atoms with Crippen LogP contribution in [-0.2, 0) is 38.1 Å². The maximum atomic E-state index is 14.2. The average molecular weight is 725 g/mol. The van der Waals surface area contributed by atoms with Crippen molar-refractivity contribution in [2.24, 2.45) is 22.9 Å². The normalized spacial score (nSPS) is 40.0. The summed E-state index contributed by atoms with van der Waals surface area (Å²) in [6.45, 7) is 14.2. The van der Waals surface area contributed by atoms with Gasteiger partial charge >= 0.3 is 12.1 Å². The number of carbonyl (C=O) groups excluding carboxylic acids is 4. The summed E-state index contributed by atoms with van der Waals surface area (Å²) in [5, 5.41) is 18.0. The van der Waals surface area contributed by atoms with Crippen LogP contribution in [0.15, 0.2) is 5.11 Å². The molecule has 3 saturated heterocycles. The number of esters is 1. The van der Waals surface area contributed by atoms with E-state index in [2.05, 4.69) is 15.3 Å². The zero-order valence-electron chi connectivity index (χ0n) is 32.2. The Morgan fingerprint density at radius 2 is 1.78 bits per heavy atom. The number of fused-ring (bicyclic) bond motifs is 1. The number of unbranched alkanes of at least 4 members (excludes halogenated alkanes) is 1. The number of ketones is 1. The number of carbonyl (C=O) groups is 4. The van der Waals surface area contributed by atoms with Crippen LogP contribution < -0.4 is 5.32 Å². The van der Waals surface area contributed by atoms with Crippen molar-refractivity contribution in [2.45, 2.75) is 148 Å². The van der Waals surface area contributed by atoms with E-state index in [1.165, 1.54) is 18.9 Å². The van der Waals surface area contributed by atoms with Crippen molar-refractivity contribution in [3.8, 4) is 0 Å². The number of Topliss-reactive ketones (excluding diaryl/α,β-unsaturated/α-hetero) is 1. The molecule has 0 spiro atoms. The quantitative estimate of drug-likeness (QED) is 0.0833. The lowest BCUT2D eigenvalue weighted by Gasteiger charge is -2.46. The molecule has 0 saturated carbocycles. The minimum absolute atomic E-state index is 0.0940. The molecule has 3 aliphatic rings. The Morgan fingerprint density at radius 1 is 1.12 bits per heavy atom. The van der Waals surface area contributed by atoms with Crippen LogP contribution in [0.2, 0.25) is 0 Å². The molecule has 0 aromatic rings. The van der Waals surface area contributed by atoms with E-state index in [9.17, 15) is 24.3 Å². The second-order valence-electron chi connectivity index (χ2n) is 15.1. The molecule has 0 aromatic heterocycles. The number of ether oxygens (including phenoxy) is 5. The molecule has 51 heavy (non-hydrogen) atoms. The second-order valence-corrected chi connectivity index (χ2v) is 15.1. The number of cyclic esters (lactones) is 1. The molecule has 3 aliphatic heterocycles. The van der Waals surface area contributed by atoms with Crippen molar-refractivity contribution in [1.82, 2.24) is 15.1 Å². The highest BCUT2D eigenvalue weighted by Gasteiger charge is 2.59. The summed E-state index contributed by atoms with van der Waals surface area (Å²) < 4.78 is 30.7. The van der Waals surface area contributed by atoms with E-state index >= 15 is 0 Å². The Morgan fingerprint density at radius 3 is 2.37 bits per heavy atom. The summed E-state index contributed by atoms with van der Waals surface area (Å²) in [5.74, 6) is -4.52. The van der Waals surface area contributed by atoms with Gasteiger partial charge in [0.2, 0.25) is 5.91 Å². The molecular weight excluding hydrogens is 664 g/mol. The Bertz CT molecular complexity index is 1300. The van der Waals surface area contributed by atoms with Gasteiger partial charge in [0.1, 0.15) is 18.1 Å². The zero-order chi connectivity index (χ0) is 38.4. The molecule has 3 rings (SSSR count). The predicted octanol–water partition coefficient (Wildman–Crippen LogP) is 3.58. The smallest absolute Gasteiger partial charge is 0.410 e. The van der Waals surface area contributed by atoms with Crippen LogP contribution >= 0.6 is 0 Å². The molecule has 16 nitrogen and oxygen atoms in total. The van der Waals surface area contributed by atoms with Crippen molar-refractivity contribution in [2.75, 3.05) is 34.3 Å². The van der Waals surface area contributed by atoms with Gasteiger partial charge in [0, 0.05) is 43.0 Å². The summed E-state index contributed by atoms with van der Waals surface area (Å²) >= 11 is 0. The van der Waals surface area contributed by atoms with Crippen molar-refractivity contribution < 1.29 is 48.0 Å². The topological polar surface area (TPSA) is 202 Å². The van der Waals surface area contributed by atoms with E-state index in [1.54, 1.807) is 41.5 Å². The first-order valence-corrected chi connectivity index (χ1v) is 18.1. The second kappa shape index (κ2) is 17.7. The molecule has 13 atom stereocenters. The number of azide groups is 1. The van der Waals surface area contributed by atoms with Gasteiger partial charge < -0.3 is 39.0 Å². The molecule has 2 amide bonds. The van der Waals surface area contributed by atoms with E-state index in [-0.39, 0.29) is 44.0 Å². The molecule has 0 bridgehead atoms. The van der Waals surface area contributed by atoms with Gasteiger partial charge in [0.05, 0.1) is 29.9 Å². The third kappa shape index (κ3) is 9.33. The third-order valence-corrected chi connectivity index (χ3v) is 11.0. The van der Waals surface area contributed by atoms with Crippen molar-refractivity contribution >= 4 is 23.8 Å². The largest absolute Gasteiger partial charge is 0.458 e. The fourth-order valence-electron chi connectivity index (χ4n) is 8.05. The van der Waals surface area contributed by atoms with Crippen LogP contribution in [0.25, 0.3) is 10.4 Å². The molecule has 3 unspecified atom stereocenters. The Kier molecular flexibility index (Phi) is 14.7. The van der Waals surface area contributed by atoms with Gasteiger partial charge in [-0.1, -0.05) is 25.9 Å². The Hall–Kier alpha value is -3.01. The molecular formula is C35H60N6O10. The van der Waals surface area contributed by atoms with Gasteiger partial charge in [-0.2, -0.15) is 0 Å². The van der Waals surface area contributed by atoms with Crippen LogP contribution in [0.4, 0.5) is 4.79 Å². The molecule has 0 aromatic carbocycles. The number of hydrogen-bond donors (Lipinski definition) is 2. The summed E-state index contributed by atoms with van der Waals surface area (Å²) in [5.41, 5.74) is 5.98. The van der Waals surface area contributed by atoms with Crippen molar-refractivity contribution in [3.05, 3.63) is 10.4 Å². The molecule has 3 heterocycles. The lowest BCUT2D eigenvalue weighted by atomic mass is 9.78. The number of aliphatic hydroxyl groups is 1. The number of nitrogens with zero attached hydrogens (tertiary/aromatic N) is 5. The first-order chi connectivity index (χ1) is 23.9. The van der Waals surface area contributed by atoms with Crippen molar-refractivity contribution in [3.63, 3.8) is 0 Å². The molecule has 2 N–H and O–H groups in total. The van der Waals surface area contributed by atoms with Crippen LogP contribution in [-0.4, -0.2) is 133 Å². The highest BCUT2D eigenvalue weighted by molar-refractivity contribution is 6.00. The third-order valence-electron chi connectivity index (χ3n) is 11.0. The molecule has 3 fully saturated rings. The molecule has 16 heteroatoms. The van der Waals surface area contributed by atoms with Gasteiger partial charge in [0.15, 0.2) is 17.7 Å². The van der Waals surface area contributed by atoms with Gasteiger partial charge in [-0.3, -0.25) is 19.3 Å². The number of likely N-dealkylation sites (N-methyl/N-ethyl adjacent to an activating group) is 1. The van der Waals surface area contributed by atoms with Gasteiger partial charge in [0.25, 0.3) is 0 Å². The van der Waals surface area contributed by atoms with Crippen LogP contribution in [0.3, 0.4) is 0 Å². The predicted molar refractivity (Wildman–Crippen MR) is 186 cm³/mol. The summed E-state index contributed by atoms with van der Waals surface area (Å²) in [6, 6.07) is -1.71. The van der Waals surface area contributed by atoms with Gasteiger partial charge in [-0.05, 0) is 86.3 Å². The number of hydrogen-bond acceptors (Lipinski definition) is 12. The number of nitrogens with one attached hydrogen (secondary N) is 1. The fourth-order valence-corrected chi connectivity index (χ4v) is 8.05. The Labute approximate surface area is 301 Å². The first-order valence-electron chi connectivity index (χ1n) is 18.1. The lowest BCUT2D eigenvalue weighted by Crippen LogP contribution is -2.61. The molecule has 0 aliphatic carbocycles. The maximum Gasteiger partial charge on any atom is 0.410 e. The number of methoxy groups -OCH3 is 1. The molecule has 290 valence electrons. The summed E-state index contributed by atoms with van der Waals surface area (Å²) in [4.78, 5) is 61.6. The van der Waals surface area contributed by atoms with Crippen LogP contribution in [0, 0.1) is 17.8 Å². The van der Waals surface area contributed by atoms with E-state index in [4.69, 9.17) is 29.2 Å². The monoisotopic (exact) mass is 724 g/mol. The SMILES string of the molecule is CC[C@H]1OC(=O)C(C)C(=O)[C@@H](C)[C@@H](O[C@@H]2O[C@H](C)CC(N(C)C)C2O)[C@](C)(OC)C[C@@H](C)C(=O)N[C@H](C)[C@H]2N(CCCCN=[N+]=[N-])C(=O)O[C@]12C. The first kappa shape index (κ1) is 42.4. The Balaban J connectivity index is 2.07. The summed E-state index contributed by atoms with van der Waals surface area (Å²) in [7, 11) is 5.18. The highest BCUT2D eigenvalue weighted by atomic mass is 16.7. The van der Waals surface area contributed by atoms with E-state index in [0.29, 0.717) is 19.3 Å². The van der Waals surface area contributed by atoms with E-state index in [0.717, 1.165) is 0 Å². The van der Waals surface area contributed by atoms with Gasteiger partial charge in [-0.25, -0.2) is 4.79 Å². The number of rotatable bonds is 10. The van der Waals surface area contributed by atoms with Gasteiger partial charge in [-0.15, -0.1) is 0 Å².